The second-order valence-electron chi connectivity index (χ2n) is 7.48. The van der Waals surface area contributed by atoms with Gasteiger partial charge in [0.05, 0.1) is 5.92 Å². The molecule has 0 aromatic heterocycles. The lowest BCUT2D eigenvalue weighted by Crippen LogP contribution is -2.44. The minimum absolute atomic E-state index is 0.215. The van der Waals surface area contributed by atoms with Crippen molar-refractivity contribution in [2.45, 2.75) is 58.4 Å². The average molecular weight is 329 g/mol. The van der Waals surface area contributed by atoms with Crippen LogP contribution in [0.3, 0.4) is 0 Å². The smallest absolute Gasteiger partial charge is 0.226 e. The number of carbonyl (C=O) groups excluding carboxylic acids is 1. The van der Waals surface area contributed by atoms with Gasteiger partial charge in [-0.2, -0.15) is 0 Å². The van der Waals surface area contributed by atoms with Crippen LogP contribution in [0.5, 0.6) is 0 Å². The molecule has 2 saturated heterocycles. The lowest BCUT2D eigenvalue weighted by atomic mass is 9.95. The molecule has 1 aromatic carbocycles. The minimum Gasteiger partial charge on any atom is -0.342 e. The summed E-state index contributed by atoms with van der Waals surface area (Å²) < 4.78 is 0. The molecule has 0 unspecified atom stereocenters. The van der Waals surface area contributed by atoms with Gasteiger partial charge in [-0.25, -0.2) is 0 Å². The number of benzene rings is 1. The maximum Gasteiger partial charge on any atom is 0.226 e. The summed E-state index contributed by atoms with van der Waals surface area (Å²) in [6.45, 7) is 7.19. The number of piperidine rings is 1. The highest BCUT2D eigenvalue weighted by atomic mass is 16.2. The second kappa shape index (κ2) is 8.66. The number of aryl methyl sites for hydroxylation is 1. The van der Waals surface area contributed by atoms with Crippen LogP contribution in [-0.4, -0.2) is 41.9 Å². The molecule has 2 heterocycles. The van der Waals surface area contributed by atoms with E-state index < -0.39 is 0 Å². The maximum absolute atomic E-state index is 12.9. The van der Waals surface area contributed by atoms with Gasteiger partial charge >= 0.3 is 0 Å². The van der Waals surface area contributed by atoms with E-state index >= 15 is 0 Å². The van der Waals surface area contributed by atoms with E-state index in [1.165, 1.54) is 36.8 Å². The standard InChI is InChI=1S/C21H32N2O/c1-2-18-9-11-19(12-10-18)16-22-13-7-8-20(17-22)21(24)23-14-5-3-4-6-15-23/h9-12,20H,2-8,13-17H2,1H3/t20-/m1/s1. The van der Waals surface area contributed by atoms with E-state index in [9.17, 15) is 4.79 Å². The Labute approximate surface area is 147 Å². The minimum atomic E-state index is 0.215. The van der Waals surface area contributed by atoms with Gasteiger partial charge in [0, 0.05) is 26.2 Å². The molecular weight excluding hydrogens is 296 g/mol. The SMILES string of the molecule is CCc1ccc(CN2CCC[C@@H](C(=O)N3CCCCCC3)C2)cc1. The van der Waals surface area contributed by atoms with Gasteiger partial charge in [-0.3, -0.25) is 9.69 Å². The Morgan fingerprint density at radius 2 is 1.62 bits per heavy atom. The van der Waals surface area contributed by atoms with Crippen molar-refractivity contribution in [3.05, 3.63) is 35.4 Å². The van der Waals surface area contributed by atoms with Gasteiger partial charge in [0.2, 0.25) is 5.91 Å². The van der Waals surface area contributed by atoms with E-state index in [2.05, 4.69) is 41.0 Å². The first-order valence-corrected chi connectivity index (χ1v) is 9.85. The van der Waals surface area contributed by atoms with Crippen LogP contribution < -0.4 is 0 Å². The molecule has 3 nitrogen and oxygen atoms in total. The zero-order valence-electron chi connectivity index (χ0n) is 15.2. The van der Waals surface area contributed by atoms with E-state index in [1.54, 1.807) is 0 Å². The fraction of sp³-hybridized carbons (Fsp3) is 0.667. The highest BCUT2D eigenvalue weighted by molar-refractivity contribution is 5.79. The molecule has 2 fully saturated rings. The molecule has 0 aliphatic carbocycles. The van der Waals surface area contributed by atoms with Gasteiger partial charge in [0.25, 0.3) is 0 Å². The third kappa shape index (κ3) is 4.60. The summed E-state index contributed by atoms with van der Waals surface area (Å²) >= 11 is 0. The number of rotatable bonds is 4. The summed E-state index contributed by atoms with van der Waals surface area (Å²) in [6, 6.07) is 8.97. The first kappa shape index (κ1) is 17.5. The Balaban J connectivity index is 1.55. The molecule has 0 spiro atoms. The molecular formula is C21H32N2O. The number of amides is 1. The zero-order valence-corrected chi connectivity index (χ0v) is 15.2. The lowest BCUT2D eigenvalue weighted by molar-refractivity contribution is -0.137. The number of hydrogen-bond donors (Lipinski definition) is 0. The Morgan fingerprint density at radius 3 is 2.29 bits per heavy atom. The number of carbonyl (C=O) groups is 1. The molecule has 2 aliphatic heterocycles. The van der Waals surface area contributed by atoms with Crippen LogP contribution in [0.2, 0.25) is 0 Å². The molecule has 0 N–H and O–H groups in total. The van der Waals surface area contributed by atoms with Crippen molar-refractivity contribution in [2.24, 2.45) is 5.92 Å². The molecule has 0 saturated carbocycles. The summed E-state index contributed by atoms with van der Waals surface area (Å²) in [7, 11) is 0. The zero-order chi connectivity index (χ0) is 16.8. The van der Waals surface area contributed by atoms with Crippen LogP contribution in [0.25, 0.3) is 0 Å². The van der Waals surface area contributed by atoms with Gasteiger partial charge in [0.15, 0.2) is 0 Å². The number of likely N-dealkylation sites (tertiary alicyclic amines) is 2. The number of nitrogens with zero attached hydrogens (tertiary/aromatic N) is 2. The molecule has 0 bridgehead atoms. The van der Waals surface area contributed by atoms with Crippen LogP contribution in [0.4, 0.5) is 0 Å². The molecule has 1 amide bonds. The van der Waals surface area contributed by atoms with Crippen molar-refractivity contribution in [3.8, 4) is 0 Å². The number of hydrogen-bond acceptors (Lipinski definition) is 2. The van der Waals surface area contributed by atoms with Gasteiger partial charge in [-0.05, 0) is 49.8 Å². The van der Waals surface area contributed by atoms with Crippen LogP contribution in [-0.2, 0) is 17.8 Å². The fourth-order valence-electron chi connectivity index (χ4n) is 4.09. The van der Waals surface area contributed by atoms with E-state index in [4.69, 9.17) is 0 Å². The maximum atomic E-state index is 12.9. The first-order valence-electron chi connectivity index (χ1n) is 9.85. The molecule has 2 aliphatic rings. The lowest BCUT2D eigenvalue weighted by Gasteiger charge is -2.34. The summed E-state index contributed by atoms with van der Waals surface area (Å²) in [5.74, 6) is 0.634. The van der Waals surface area contributed by atoms with Crippen molar-refractivity contribution >= 4 is 5.91 Å². The largest absolute Gasteiger partial charge is 0.342 e. The molecule has 132 valence electrons. The molecule has 3 rings (SSSR count). The molecule has 1 atom stereocenters. The van der Waals surface area contributed by atoms with Crippen molar-refractivity contribution in [3.63, 3.8) is 0 Å². The molecule has 0 radical (unpaired) electrons. The average Bonchev–Trinajstić information content (AvgIpc) is 2.91. The van der Waals surface area contributed by atoms with Crippen molar-refractivity contribution < 1.29 is 4.79 Å². The Bertz CT molecular complexity index is 517. The Morgan fingerprint density at radius 1 is 0.958 bits per heavy atom. The van der Waals surface area contributed by atoms with E-state index in [-0.39, 0.29) is 5.92 Å². The van der Waals surface area contributed by atoms with E-state index in [1.807, 2.05) is 0 Å². The highest BCUT2D eigenvalue weighted by Crippen LogP contribution is 2.22. The molecule has 24 heavy (non-hydrogen) atoms. The van der Waals surface area contributed by atoms with Crippen LogP contribution in [0, 0.1) is 5.92 Å². The summed E-state index contributed by atoms with van der Waals surface area (Å²) in [6.07, 6.45) is 8.26. The summed E-state index contributed by atoms with van der Waals surface area (Å²) in [5.41, 5.74) is 2.77. The second-order valence-corrected chi connectivity index (χ2v) is 7.48. The first-order chi connectivity index (χ1) is 11.8. The topological polar surface area (TPSA) is 23.6 Å². The van der Waals surface area contributed by atoms with Gasteiger partial charge in [-0.15, -0.1) is 0 Å². The van der Waals surface area contributed by atoms with Crippen molar-refractivity contribution in [1.82, 2.24) is 9.80 Å². The van der Waals surface area contributed by atoms with Crippen molar-refractivity contribution in [2.75, 3.05) is 26.2 Å². The van der Waals surface area contributed by atoms with E-state index in [0.29, 0.717) is 5.91 Å². The van der Waals surface area contributed by atoms with Gasteiger partial charge in [0.1, 0.15) is 0 Å². The quantitative estimate of drug-likeness (QED) is 0.838. The Hall–Kier alpha value is -1.35. The third-order valence-corrected chi connectivity index (χ3v) is 5.61. The highest BCUT2D eigenvalue weighted by Gasteiger charge is 2.29. The predicted molar refractivity (Wildman–Crippen MR) is 98.9 cm³/mol. The monoisotopic (exact) mass is 328 g/mol. The van der Waals surface area contributed by atoms with E-state index in [0.717, 1.165) is 52.0 Å². The summed E-state index contributed by atoms with van der Waals surface area (Å²) in [4.78, 5) is 17.5. The Kier molecular flexibility index (Phi) is 6.30. The molecule has 3 heteroatoms. The van der Waals surface area contributed by atoms with Crippen molar-refractivity contribution in [1.29, 1.82) is 0 Å². The van der Waals surface area contributed by atoms with Gasteiger partial charge < -0.3 is 4.90 Å². The third-order valence-electron chi connectivity index (χ3n) is 5.61. The normalized spacial score (nSPS) is 23.0. The van der Waals surface area contributed by atoms with Crippen LogP contribution >= 0.6 is 0 Å². The molecule has 1 aromatic rings. The predicted octanol–water partition coefficient (Wildman–Crippen LogP) is 3.86. The fourth-order valence-corrected chi connectivity index (χ4v) is 4.09. The van der Waals surface area contributed by atoms with Gasteiger partial charge in [-0.1, -0.05) is 44.0 Å². The summed E-state index contributed by atoms with van der Waals surface area (Å²) in [5, 5.41) is 0. The van der Waals surface area contributed by atoms with Crippen LogP contribution in [0.15, 0.2) is 24.3 Å². The van der Waals surface area contributed by atoms with Crippen LogP contribution in [0.1, 0.15) is 56.6 Å².